The number of hydrogen-bond donors (Lipinski definition) is 3. The molecule has 0 heterocycles. The van der Waals surface area contributed by atoms with Crippen LogP contribution in [0.5, 0.6) is 0 Å². The van der Waals surface area contributed by atoms with Crippen LogP contribution in [0.25, 0.3) is 0 Å². The fourth-order valence-corrected chi connectivity index (χ4v) is 3.93. The first-order valence-electron chi connectivity index (χ1n) is 13.8. The van der Waals surface area contributed by atoms with Gasteiger partial charge in [-0.05, 0) is 45.1 Å². The van der Waals surface area contributed by atoms with Crippen LogP contribution in [0, 0.1) is 11.8 Å². The van der Waals surface area contributed by atoms with Gasteiger partial charge in [0.25, 0.3) is 5.91 Å². The maximum Gasteiger partial charge on any atom is 0.426 e. The summed E-state index contributed by atoms with van der Waals surface area (Å²) in [6, 6.07) is 6.30. The van der Waals surface area contributed by atoms with Gasteiger partial charge < -0.3 is 24.6 Å². The van der Waals surface area contributed by atoms with Gasteiger partial charge in [-0.25, -0.2) is 15.0 Å². The molecule has 0 aliphatic carbocycles. The predicted molar refractivity (Wildman–Crippen MR) is 154 cm³/mol. The molecule has 1 aromatic rings. The fourth-order valence-electron chi connectivity index (χ4n) is 3.93. The number of likely N-dealkylation sites (N-methyl/N-ethyl adjacent to an activating group) is 2. The molecule has 0 saturated heterocycles. The van der Waals surface area contributed by atoms with E-state index < -0.39 is 53.6 Å². The molecule has 12 heteroatoms. The lowest BCUT2D eigenvalue weighted by atomic mass is 9.95. The number of hydrogen-bond acceptors (Lipinski definition) is 7. The number of carbonyl (C=O) groups excluding carboxylic acids is 5. The van der Waals surface area contributed by atoms with E-state index in [0.717, 1.165) is 5.56 Å². The molecule has 1 unspecified atom stereocenters. The number of rotatable bonds is 11. The van der Waals surface area contributed by atoms with Crippen molar-refractivity contribution in [3.05, 3.63) is 35.9 Å². The molecule has 0 spiro atoms. The minimum atomic E-state index is -0.987. The van der Waals surface area contributed by atoms with Gasteiger partial charge in [-0.1, -0.05) is 64.4 Å². The predicted octanol–water partition coefficient (Wildman–Crippen LogP) is 3.21. The van der Waals surface area contributed by atoms with Gasteiger partial charge in [-0.15, -0.1) is 0 Å². The molecule has 0 aliphatic rings. The Morgan fingerprint density at radius 1 is 0.854 bits per heavy atom. The summed E-state index contributed by atoms with van der Waals surface area (Å²) in [6.07, 6.45) is -0.998. The first-order valence-corrected chi connectivity index (χ1v) is 13.8. The number of nitrogens with zero attached hydrogens (tertiary/aromatic N) is 2. The van der Waals surface area contributed by atoms with Crippen LogP contribution in [0.3, 0.4) is 0 Å². The van der Waals surface area contributed by atoms with Gasteiger partial charge in [0.2, 0.25) is 11.8 Å². The van der Waals surface area contributed by atoms with Crippen LogP contribution < -0.4 is 16.2 Å². The summed E-state index contributed by atoms with van der Waals surface area (Å²) in [7, 11) is 2.94. The van der Waals surface area contributed by atoms with Crippen LogP contribution in [0.1, 0.15) is 67.4 Å². The molecule has 0 aromatic heterocycles. The summed E-state index contributed by atoms with van der Waals surface area (Å²) in [5, 5.41) is 2.67. The van der Waals surface area contributed by atoms with Gasteiger partial charge in [-0.3, -0.25) is 19.8 Å². The lowest BCUT2D eigenvalue weighted by molar-refractivity contribution is -0.150. The van der Waals surface area contributed by atoms with Crippen molar-refractivity contribution in [2.45, 2.75) is 92.1 Å². The molecule has 0 radical (unpaired) electrons. The van der Waals surface area contributed by atoms with E-state index in [1.165, 1.54) is 30.8 Å². The Balaban J connectivity index is 2.96. The molecular formula is C29H47N5O7. The molecule has 1 aromatic carbocycles. The second-order valence-corrected chi connectivity index (χ2v) is 11.4. The normalized spacial score (nSPS) is 14.1. The van der Waals surface area contributed by atoms with E-state index in [4.69, 9.17) is 9.47 Å². The van der Waals surface area contributed by atoms with E-state index >= 15 is 0 Å². The molecule has 5 amide bonds. The lowest BCUT2D eigenvalue weighted by Crippen LogP contribution is -2.60. The Labute approximate surface area is 243 Å². The number of benzene rings is 1. The highest BCUT2D eigenvalue weighted by molar-refractivity contribution is 5.94. The topological polar surface area (TPSA) is 146 Å². The van der Waals surface area contributed by atoms with Crippen molar-refractivity contribution < 1.29 is 33.4 Å². The highest BCUT2D eigenvalue weighted by Gasteiger charge is 2.39. The van der Waals surface area contributed by atoms with Crippen molar-refractivity contribution in [3.63, 3.8) is 0 Å². The Morgan fingerprint density at radius 3 is 1.95 bits per heavy atom. The number of alkyl carbamates (subject to hydrolysis) is 1. The van der Waals surface area contributed by atoms with Crippen molar-refractivity contribution in [1.29, 1.82) is 0 Å². The maximum atomic E-state index is 13.7. The lowest BCUT2D eigenvalue weighted by Gasteiger charge is -2.37. The first kappa shape index (κ1) is 35.2. The van der Waals surface area contributed by atoms with E-state index in [1.807, 2.05) is 44.2 Å². The number of ether oxygens (including phenoxy) is 2. The van der Waals surface area contributed by atoms with E-state index in [9.17, 15) is 24.0 Å². The van der Waals surface area contributed by atoms with Gasteiger partial charge in [0.1, 0.15) is 30.3 Å². The smallest absolute Gasteiger partial charge is 0.426 e. The van der Waals surface area contributed by atoms with Crippen molar-refractivity contribution in [1.82, 2.24) is 26.0 Å². The van der Waals surface area contributed by atoms with E-state index in [-0.39, 0.29) is 18.4 Å². The molecule has 230 valence electrons. The number of carbonyl (C=O) groups is 5. The Kier molecular flexibility index (Phi) is 13.6. The zero-order valence-electron chi connectivity index (χ0n) is 25.9. The molecule has 0 aliphatic heterocycles. The van der Waals surface area contributed by atoms with Crippen molar-refractivity contribution in [2.24, 2.45) is 11.8 Å². The minimum absolute atomic E-state index is 0.0462. The highest BCUT2D eigenvalue weighted by Crippen LogP contribution is 2.18. The summed E-state index contributed by atoms with van der Waals surface area (Å²) >= 11 is 0. The van der Waals surface area contributed by atoms with Crippen LogP contribution in [-0.2, 0) is 30.5 Å². The third kappa shape index (κ3) is 11.3. The quantitative estimate of drug-likeness (QED) is 0.342. The molecule has 4 atom stereocenters. The summed E-state index contributed by atoms with van der Waals surface area (Å²) in [4.78, 5) is 66.9. The standard InChI is InChI=1S/C29H47N5O7/c1-11-19(4)22(30-27(38)40-17-21-15-13-12-14-16-21)25(36)34(10)23(18(2)3)26(37)33(9)20(5)24(35)31-32-28(39)41-29(6,7)8/h12-16,18-20,22-23H,11,17H2,1-10H3,(H,30,38)(H,31,35)(H,32,39)/t19?,20-,22-,23-/m0/s1. The minimum Gasteiger partial charge on any atom is -0.445 e. The Bertz CT molecular complexity index is 1040. The highest BCUT2D eigenvalue weighted by atomic mass is 16.6. The summed E-state index contributed by atoms with van der Waals surface area (Å²) in [5.41, 5.74) is 4.46. The molecule has 0 fully saturated rings. The Hall–Kier alpha value is -3.83. The van der Waals surface area contributed by atoms with Crippen LogP contribution in [0.15, 0.2) is 30.3 Å². The van der Waals surface area contributed by atoms with Crippen LogP contribution in [0.4, 0.5) is 9.59 Å². The zero-order chi connectivity index (χ0) is 31.5. The molecule has 3 N–H and O–H groups in total. The van der Waals surface area contributed by atoms with E-state index in [0.29, 0.717) is 6.42 Å². The molecule has 0 saturated carbocycles. The van der Waals surface area contributed by atoms with Crippen LogP contribution in [-0.4, -0.2) is 77.5 Å². The largest absolute Gasteiger partial charge is 0.445 e. The van der Waals surface area contributed by atoms with Crippen molar-refractivity contribution in [2.75, 3.05) is 14.1 Å². The van der Waals surface area contributed by atoms with Gasteiger partial charge >= 0.3 is 12.2 Å². The fraction of sp³-hybridized carbons (Fsp3) is 0.621. The monoisotopic (exact) mass is 577 g/mol. The summed E-state index contributed by atoms with van der Waals surface area (Å²) in [5.74, 6) is -2.16. The van der Waals surface area contributed by atoms with Gasteiger partial charge in [0.15, 0.2) is 0 Å². The molecule has 12 nitrogen and oxygen atoms in total. The van der Waals surface area contributed by atoms with Crippen molar-refractivity contribution in [3.8, 4) is 0 Å². The third-order valence-electron chi connectivity index (χ3n) is 6.61. The van der Waals surface area contributed by atoms with E-state index in [2.05, 4.69) is 16.2 Å². The second kappa shape index (κ2) is 15.8. The Morgan fingerprint density at radius 2 is 1.44 bits per heavy atom. The average Bonchev–Trinajstić information content (AvgIpc) is 2.91. The van der Waals surface area contributed by atoms with Gasteiger partial charge in [-0.2, -0.15) is 0 Å². The van der Waals surface area contributed by atoms with Crippen LogP contribution in [0.2, 0.25) is 0 Å². The van der Waals surface area contributed by atoms with Gasteiger partial charge in [0.05, 0.1) is 0 Å². The van der Waals surface area contributed by atoms with Gasteiger partial charge in [0, 0.05) is 14.1 Å². The average molecular weight is 578 g/mol. The summed E-state index contributed by atoms with van der Waals surface area (Å²) in [6.45, 7) is 13.9. The third-order valence-corrected chi connectivity index (χ3v) is 6.61. The number of nitrogens with one attached hydrogen (secondary N) is 3. The van der Waals surface area contributed by atoms with Crippen molar-refractivity contribution >= 4 is 29.9 Å². The second-order valence-electron chi connectivity index (χ2n) is 11.4. The molecule has 1 rings (SSSR count). The molecule has 0 bridgehead atoms. The summed E-state index contributed by atoms with van der Waals surface area (Å²) < 4.78 is 10.4. The zero-order valence-corrected chi connectivity index (χ0v) is 25.9. The first-order chi connectivity index (χ1) is 19.0. The number of hydrazine groups is 1. The number of amides is 5. The van der Waals surface area contributed by atoms with E-state index in [1.54, 1.807) is 34.6 Å². The maximum absolute atomic E-state index is 13.7. The SMILES string of the molecule is CCC(C)[C@H](NC(=O)OCc1ccccc1)C(=O)N(C)[C@H](C(=O)N(C)[C@@H](C)C(=O)NNC(=O)OC(C)(C)C)C(C)C. The molecule has 41 heavy (non-hydrogen) atoms. The van der Waals surface area contributed by atoms with Crippen LogP contribution >= 0.6 is 0 Å². The molecular weight excluding hydrogens is 530 g/mol.